The second kappa shape index (κ2) is 21.4. The molecule has 0 aromatic carbocycles. The Kier molecular flexibility index (Phi) is 18.5. The van der Waals surface area contributed by atoms with Crippen LogP contribution in [-0.4, -0.2) is 122 Å². The Labute approximate surface area is 311 Å². The lowest BCUT2D eigenvalue weighted by atomic mass is 9.89. The average molecular weight is 734 g/mol. The second-order valence-corrected chi connectivity index (χ2v) is 15.2. The number of hydrogen-bond acceptors (Lipinski definition) is 8. The van der Waals surface area contributed by atoms with E-state index in [1.54, 1.807) is 30.8 Å². The molecule has 1 unspecified atom stereocenters. The Morgan fingerprint density at radius 1 is 0.981 bits per heavy atom. The number of methoxy groups -OCH3 is 2. The van der Waals surface area contributed by atoms with Crippen LogP contribution >= 0.6 is 0 Å². The molecule has 2 aliphatic rings. The molecular weight excluding hydrogens is 666 g/mol. The predicted molar refractivity (Wildman–Crippen MR) is 201 cm³/mol. The van der Waals surface area contributed by atoms with Gasteiger partial charge in [-0.15, -0.1) is 0 Å². The molecule has 2 rings (SSSR count). The molecule has 4 N–H and O–H groups in total. The Morgan fingerprint density at radius 3 is 2.13 bits per heavy atom. The summed E-state index contributed by atoms with van der Waals surface area (Å²) in [5.74, 6) is -3.17. The van der Waals surface area contributed by atoms with E-state index in [9.17, 15) is 29.1 Å². The minimum absolute atomic E-state index is 0.00479. The van der Waals surface area contributed by atoms with Gasteiger partial charge in [0.2, 0.25) is 23.6 Å². The molecule has 296 valence electrons. The highest BCUT2D eigenvalue weighted by molar-refractivity contribution is 5.90. The standard InChI is InChI=1S/C39H67N5O8/c1-12-25(6)34(43(9)38(48)33(24(4)5)42-37(47)32(40-8)23(2)3)30(51-10)22-31(45)44-20-16-19-29(44)35(52-11)26(7)36(46)41-28(39(49)50)21-27-17-14-13-15-18-27/h13-14,17,23-26,28-30,32-35,40H,12,15-16,18-22H2,1-11H3,(H,41,46)(H,42,47)(H,49,50)/t25-,26+,28+,29-,30+,32-,33+,34?,35+/m0/s1. The molecule has 52 heavy (non-hydrogen) atoms. The fraction of sp³-hybridized carbons (Fsp3) is 0.769. The normalized spacial score (nSPS) is 20.7. The summed E-state index contributed by atoms with van der Waals surface area (Å²) < 4.78 is 11.9. The van der Waals surface area contributed by atoms with E-state index < -0.39 is 60.2 Å². The Hall–Kier alpha value is -3.29. The van der Waals surface area contributed by atoms with Crippen molar-refractivity contribution in [2.45, 2.75) is 136 Å². The molecule has 9 atom stereocenters. The van der Waals surface area contributed by atoms with Gasteiger partial charge in [0.15, 0.2) is 0 Å². The quantitative estimate of drug-likeness (QED) is 0.138. The molecular formula is C39H67N5O8. The van der Waals surface area contributed by atoms with Crippen molar-refractivity contribution in [2.24, 2.45) is 23.7 Å². The zero-order valence-electron chi connectivity index (χ0n) is 33.4. The summed E-state index contributed by atoms with van der Waals surface area (Å²) >= 11 is 0. The number of amides is 4. The van der Waals surface area contributed by atoms with Crippen LogP contribution in [0.4, 0.5) is 0 Å². The first kappa shape index (κ1) is 44.9. The first-order valence-electron chi connectivity index (χ1n) is 19.0. The number of rotatable bonds is 21. The molecule has 1 heterocycles. The number of nitrogens with one attached hydrogen (secondary N) is 3. The number of hydrogen-bond donors (Lipinski definition) is 4. The summed E-state index contributed by atoms with van der Waals surface area (Å²) in [4.78, 5) is 70.4. The summed E-state index contributed by atoms with van der Waals surface area (Å²) in [7, 11) is 6.48. The fourth-order valence-corrected chi connectivity index (χ4v) is 7.64. The number of carbonyl (C=O) groups is 5. The van der Waals surface area contributed by atoms with Crippen molar-refractivity contribution in [1.82, 2.24) is 25.8 Å². The van der Waals surface area contributed by atoms with E-state index in [1.807, 2.05) is 59.8 Å². The lowest BCUT2D eigenvalue weighted by Crippen LogP contribution is -2.59. The predicted octanol–water partition coefficient (Wildman–Crippen LogP) is 3.53. The zero-order valence-corrected chi connectivity index (χ0v) is 33.4. The van der Waals surface area contributed by atoms with E-state index in [2.05, 4.69) is 16.0 Å². The van der Waals surface area contributed by atoms with Crippen molar-refractivity contribution >= 4 is 29.6 Å². The number of nitrogens with zero attached hydrogens (tertiary/aromatic N) is 2. The SMILES string of the molecule is CC[C@H](C)C([C@@H](CC(=O)N1CCC[C@H]1[C@H](OC)[C@@H](C)C(=O)N[C@H](CC1=CC=CCC1)C(=O)O)OC)N(C)C(=O)[C@H](NC(=O)[C@@H](NC)C(C)C)C(C)C. The van der Waals surface area contributed by atoms with E-state index >= 15 is 0 Å². The van der Waals surface area contributed by atoms with E-state index in [4.69, 9.17) is 9.47 Å². The minimum atomic E-state index is -1.10. The third kappa shape index (κ3) is 11.9. The van der Waals surface area contributed by atoms with Crippen LogP contribution in [-0.2, 0) is 33.4 Å². The maximum Gasteiger partial charge on any atom is 0.326 e. The van der Waals surface area contributed by atoms with Crippen molar-refractivity contribution in [3.05, 3.63) is 23.8 Å². The van der Waals surface area contributed by atoms with Gasteiger partial charge in [0.1, 0.15) is 12.1 Å². The van der Waals surface area contributed by atoms with Crippen LogP contribution in [0.25, 0.3) is 0 Å². The molecule has 1 saturated heterocycles. The van der Waals surface area contributed by atoms with Crippen LogP contribution in [0.15, 0.2) is 23.8 Å². The molecule has 0 spiro atoms. The third-order valence-corrected chi connectivity index (χ3v) is 10.9. The lowest BCUT2D eigenvalue weighted by Gasteiger charge is -2.41. The monoisotopic (exact) mass is 733 g/mol. The highest BCUT2D eigenvalue weighted by atomic mass is 16.5. The number of ether oxygens (including phenoxy) is 2. The van der Waals surface area contributed by atoms with Gasteiger partial charge in [-0.05, 0) is 56.9 Å². The average Bonchev–Trinajstić information content (AvgIpc) is 3.59. The van der Waals surface area contributed by atoms with Crippen molar-refractivity contribution in [2.75, 3.05) is 34.9 Å². The van der Waals surface area contributed by atoms with Gasteiger partial charge in [0, 0.05) is 27.8 Å². The van der Waals surface area contributed by atoms with Crippen LogP contribution in [0.3, 0.4) is 0 Å². The number of likely N-dealkylation sites (N-methyl/N-ethyl adjacent to an activating group) is 2. The molecule has 13 heteroatoms. The number of allylic oxidation sites excluding steroid dienone is 3. The Balaban J connectivity index is 2.25. The first-order valence-corrected chi connectivity index (χ1v) is 19.0. The van der Waals surface area contributed by atoms with Gasteiger partial charge in [-0.1, -0.05) is 78.7 Å². The van der Waals surface area contributed by atoms with E-state index in [1.165, 1.54) is 14.2 Å². The smallest absolute Gasteiger partial charge is 0.326 e. The molecule has 0 aromatic rings. The lowest BCUT2D eigenvalue weighted by molar-refractivity contribution is -0.148. The van der Waals surface area contributed by atoms with Gasteiger partial charge in [-0.2, -0.15) is 0 Å². The zero-order chi connectivity index (χ0) is 39.3. The van der Waals surface area contributed by atoms with Crippen molar-refractivity contribution in [3.8, 4) is 0 Å². The van der Waals surface area contributed by atoms with Crippen LogP contribution in [0.1, 0.15) is 93.4 Å². The highest BCUT2D eigenvalue weighted by Gasteiger charge is 2.43. The highest BCUT2D eigenvalue weighted by Crippen LogP contribution is 2.30. The van der Waals surface area contributed by atoms with E-state index in [0.29, 0.717) is 19.4 Å². The summed E-state index contributed by atoms with van der Waals surface area (Å²) in [6.07, 6.45) is 8.36. The first-order chi connectivity index (χ1) is 24.5. The maximum atomic E-state index is 14.1. The molecule has 1 aliphatic carbocycles. The number of carboxylic acids is 1. The fourth-order valence-electron chi connectivity index (χ4n) is 7.64. The number of aliphatic carboxylic acids is 1. The number of carbonyl (C=O) groups excluding carboxylic acids is 4. The van der Waals surface area contributed by atoms with Gasteiger partial charge in [0.05, 0.1) is 42.7 Å². The molecule has 1 aliphatic heterocycles. The van der Waals surface area contributed by atoms with Crippen molar-refractivity contribution in [1.29, 1.82) is 0 Å². The van der Waals surface area contributed by atoms with Gasteiger partial charge in [0.25, 0.3) is 0 Å². The molecule has 4 amide bonds. The summed E-state index contributed by atoms with van der Waals surface area (Å²) in [5.41, 5.74) is 0.965. The molecule has 0 bridgehead atoms. The maximum absolute atomic E-state index is 14.1. The van der Waals surface area contributed by atoms with Crippen LogP contribution < -0.4 is 16.0 Å². The summed E-state index contributed by atoms with van der Waals surface area (Å²) in [6, 6.07) is -3.19. The molecule has 0 saturated carbocycles. The molecule has 1 fully saturated rings. The van der Waals surface area contributed by atoms with Gasteiger partial charge in [-0.3, -0.25) is 19.2 Å². The topological polar surface area (TPSA) is 167 Å². The van der Waals surface area contributed by atoms with Crippen molar-refractivity contribution < 1.29 is 38.6 Å². The van der Waals surface area contributed by atoms with Crippen LogP contribution in [0.2, 0.25) is 0 Å². The Morgan fingerprint density at radius 2 is 1.63 bits per heavy atom. The molecule has 13 nitrogen and oxygen atoms in total. The van der Waals surface area contributed by atoms with Crippen LogP contribution in [0, 0.1) is 23.7 Å². The Bertz CT molecular complexity index is 1270. The van der Waals surface area contributed by atoms with E-state index in [-0.39, 0.29) is 48.3 Å². The third-order valence-electron chi connectivity index (χ3n) is 10.9. The summed E-state index contributed by atoms with van der Waals surface area (Å²) in [6.45, 7) is 13.9. The minimum Gasteiger partial charge on any atom is -0.480 e. The second-order valence-electron chi connectivity index (χ2n) is 15.2. The van der Waals surface area contributed by atoms with Gasteiger partial charge < -0.3 is 40.3 Å². The van der Waals surface area contributed by atoms with Gasteiger partial charge in [-0.25, -0.2) is 4.79 Å². The summed E-state index contributed by atoms with van der Waals surface area (Å²) in [5, 5.41) is 18.6. The largest absolute Gasteiger partial charge is 0.480 e. The number of likely N-dealkylation sites (tertiary alicyclic amines) is 1. The van der Waals surface area contributed by atoms with Crippen LogP contribution in [0.5, 0.6) is 0 Å². The molecule has 0 radical (unpaired) electrons. The van der Waals surface area contributed by atoms with Gasteiger partial charge >= 0.3 is 5.97 Å². The van der Waals surface area contributed by atoms with E-state index in [0.717, 1.165) is 24.8 Å². The molecule has 0 aromatic heterocycles. The number of carboxylic acid groups (broad SMARTS) is 1. The van der Waals surface area contributed by atoms with Crippen molar-refractivity contribution in [3.63, 3.8) is 0 Å².